The number of ether oxygens (including phenoxy) is 1. The van der Waals surface area contributed by atoms with Gasteiger partial charge in [0.25, 0.3) is 0 Å². The van der Waals surface area contributed by atoms with Crippen LogP contribution >= 0.6 is 11.3 Å². The maximum atomic E-state index is 12.5. The molecule has 0 aromatic carbocycles. The molecule has 0 fully saturated rings. The first-order valence-corrected chi connectivity index (χ1v) is 9.67. The molecule has 0 saturated carbocycles. The Hall–Kier alpha value is -2.48. The fraction of sp³-hybridized carbons (Fsp3) is 0.474. The summed E-state index contributed by atoms with van der Waals surface area (Å²) in [6.45, 7) is 10.1. The molecular weight excluding hydrogens is 366 g/mol. The van der Waals surface area contributed by atoms with Crippen LogP contribution in [0.2, 0.25) is 0 Å². The lowest BCUT2D eigenvalue weighted by atomic mass is 10.1. The van der Waals surface area contributed by atoms with Crippen molar-refractivity contribution in [2.45, 2.75) is 47.6 Å². The summed E-state index contributed by atoms with van der Waals surface area (Å²) in [4.78, 5) is 39.5. The van der Waals surface area contributed by atoms with Crippen molar-refractivity contribution >= 4 is 34.1 Å². The molecule has 2 aromatic rings. The topological polar surface area (TPSA) is 90.3 Å². The van der Waals surface area contributed by atoms with E-state index in [0.29, 0.717) is 16.6 Å². The van der Waals surface area contributed by atoms with Crippen LogP contribution in [0.15, 0.2) is 11.4 Å². The highest BCUT2D eigenvalue weighted by atomic mass is 32.1. The first-order chi connectivity index (χ1) is 12.7. The number of carbonyl (C=O) groups excluding carboxylic acids is 3. The molecule has 0 aliphatic rings. The van der Waals surface area contributed by atoms with Crippen molar-refractivity contribution in [3.63, 3.8) is 0 Å². The number of Topliss-reactive ketones (excluding diaryl/α,β-unsaturated/α-hetero) is 1. The van der Waals surface area contributed by atoms with Crippen molar-refractivity contribution in [2.75, 3.05) is 11.9 Å². The molecule has 2 heterocycles. The van der Waals surface area contributed by atoms with Gasteiger partial charge in [-0.15, -0.1) is 11.3 Å². The second kappa shape index (κ2) is 8.94. The smallest absolute Gasteiger partial charge is 0.358 e. The van der Waals surface area contributed by atoms with E-state index in [1.807, 2.05) is 19.9 Å². The molecule has 1 amide bonds. The zero-order valence-corrected chi connectivity index (χ0v) is 17.1. The molecule has 0 saturated heterocycles. The van der Waals surface area contributed by atoms with E-state index in [0.717, 1.165) is 35.7 Å². The van der Waals surface area contributed by atoms with Gasteiger partial charge >= 0.3 is 5.97 Å². The summed E-state index contributed by atoms with van der Waals surface area (Å²) in [6, 6.07) is 1.84. The Kier molecular flexibility index (Phi) is 6.90. The van der Waals surface area contributed by atoms with Crippen LogP contribution in [0.4, 0.5) is 5.13 Å². The molecule has 27 heavy (non-hydrogen) atoms. The molecule has 7 nitrogen and oxygen atoms in total. The van der Waals surface area contributed by atoms with E-state index in [2.05, 4.69) is 28.7 Å². The third kappa shape index (κ3) is 5.50. The predicted octanol–water partition coefficient (Wildman–Crippen LogP) is 3.61. The van der Waals surface area contributed by atoms with Crippen molar-refractivity contribution in [3.8, 4) is 0 Å². The molecule has 2 aromatic heterocycles. The number of nitrogens with one attached hydrogen (secondary N) is 1. The minimum Gasteiger partial charge on any atom is -0.453 e. The number of nitrogens with zero attached hydrogens (tertiary/aromatic N) is 2. The number of hydrogen-bond acceptors (Lipinski definition) is 6. The Morgan fingerprint density at radius 2 is 2.00 bits per heavy atom. The molecule has 1 N–H and O–H groups in total. The minimum absolute atomic E-state index is 0.0685. The van der Waals surface area contributed by atoms with Crippen molar-refractivity contribution in [1.29, 1.82) is 0 Å². The van der Waals surface area contributed by atoms with Crippen LogP contribution in [-0.2, 0) is 16.1 Å². The number of rotatable bonds is 8. The molecule has 0 atom stereocenters. The highest BCUT2D eigenvalue weighted by Gasteiger charge is 2.19. The van der Waals surface area contributed by atoms with Crippen LogP contribution in [0.1, 0.15) is 59.4 Å². The van der Waals surface area contributed by atoms with Gasteiger partial charge in [0.15, 0.2) is 17.4 Å². The van der Waals surface area contributed by atoms with Crippen LogP contribution in [0.25, 0.3) is 0 Å². The number of hydrogen-bond donors (Lipinski definition) is 1. The van der Waals surface area contributed by atoms with E-state index >= 15 is 0 Å². The van der Waals surface area contributed by atoms with Crippen LogP contribution in [0.5, 0.6) is 0 Å². The monoisotopic (exact) mass is 391 g/mol. The lowest BCUT2D eigenvalue weighted by Crippen LogP contribution is -2.15. The summed E-state index contributed by atoms with van der Waals surface area (Å²) < 4.78 is 7.22. The van der Waals surface area contributed by atoms with Gasteiger partial charge in [-0.3, -0.25) is 9.59 Å². The van der Waals surface area contributed by atoms with E-state index in [9.17, 15) is 14.4 Å². The molecule has 8 heteroatoms. The number of thiazole rings is 1. The lowest BCUT2D eigenvalue weighted by Gasteiger charge is -2.11. The first kappa shape index (κ1) is 20.8. The number of anilines is 1. The van der Waals surface area contributed by atoms with Crippen molar-refractivity contribution in [3.05, 3.63) is 34.1 Å². The molecule has 0 radical (unpaired) electrons. The lowest BCUT2D eigenvalue weighted by molar-refractivity contribution is -0.114. The Balaban J connectivity index is 1.99. The van der Waals surface area contributed by atoms with Crippen molar-refractivity contribution < 1.29 is 19.1 Å². The number of aryl methyl sites for hydroxylation is 1. The van der Waals surface area contributed by atoms with Gasteiger partial charge in [0.2, 0.25) is 11.7 Å². The Morgan fingerprint density at radius 1 is 1.30 bits per heavy atom. The largest absolute Gasteiger partial charge is 0.453 e. The number of aromatic nitrogens is 2. The van der Waals surface area contributed by atoms with Crippen LogP contribution < -0.4 is 5.32 Å². The van der Waals surface area contributed by atoms with Gasteiger partial charge < -0.3 is 14.6 Å². The summed E-state index contributed by atoms with van der Waals surface area (Å²) in [5.41, 5.74) is 2.54. The summed E-state index contributed by atoms with van der Waals surface area (Å²) >= 11 is 1.12. The van der Waals surface area contributed by atoms with Crippen LogP contribution in [-0.4, -0.2) is 33.8 Å². The van der Waals surface area contributed by atoms with Gasteiger partial charge in [0.1, 0.15) is 0 Å². The summed E-state index contributed by atoms with van der Waals surface area (Å²) in [7, 11) is 0. The summed E-state index contributed by atoms with van der Waals surface area (Å²) in [5.74, 6) is -0.631. The highest BCUT2D eigenvalue weighted by molar-refractivity contribution is 7.14. The third-order valence-corrected chi connectivity index (χ3v) is 4.89. The van der Waals surface area contributed by atoms with Gasteiger partial charge in [-0.2, -0.15) is 0 Å². The predicted molar refractivity (Wildman–Crippen MR) is 104 cm³/mol. The van der Waals surface area contributed by atoms with Crippen molar-refractivity contribution in [1.82, 2.24) is 9.55 Å². The normalized spacial score (nSPS) is 10.9. The molecule has 2 rings (SSSR count). The average Bonchev–Trinajstić information content (AvgIpc) is 3.15. The van der Waals surface area contributed by atoms with Gasteiger partial charge in [-0.1, -0.05) is 13.8 Å². The van der Waals surface area contributed by atoms with E-state index in [4.69, 9.17) is 4.74 Å². The van der Waals surface area contributed by atoms with Gasteiger partial charge in [-0.25, -0.2) is 9.78 Å². The Morgan fingerprint density at radius 3 is 2.63 bits per heavy atom. The first-order valence-electron chi connectivity index (χ1n) is 8.79. The molecular formula is C19H25N3O4S. The molecule has 0 bridgehead atoms. The van der Waals surface area contributed by atoms with Gasteiger partial charge in [0, 0.05) is 35.8 Å². The maximum Gasteiger partial charge on any atom is 0.358 e. The van der Waals surface area contributed by atoms with Crippen LogP contribution in [0.3, 0.4) is 0 Å². The number of carbonyl (C=O) groups is 3. The fourth-order valence-corrected chi connectivity index (χ4v) is 3.40. The Bertz CT molecular complexity index is 851. The van der Waals surface area contributed by atoms with E-state index in [-0.39, 0.29) is 24.0 Å². The fourth-order valence-electron chi connectivity index (χ4n) is 2.67. The average molecular weight is 391 g/mol. The number of esters is 1. The SMILES string of the molecule is CC(=O)Nc1nc(C(=O)OCC(=O)c2cc(C)n(CCC(C)C)c2C)cs1. The van der Waals surface area contributed by atoms with Gasteiger partial charge in [-0.05, 0) is 32.3 Å². The zero-order chi connectivity index (χ0) is 20.1. The molecule has 146 valence electrons. The van der Waals surface area contributed by atoms with Crippen molar-refractivity contribution in [2.24, 2.45) is 5.92 Å². The Labute approximate surface area is 162 Å². The standard InChI is InChI=1S/C19H25N3O4S/c1-11(2)6-7-22-12(3)8-15(13(22)4)17(24)9-26-18(25)16-10-27-19(21-16)20-14(5)23/h8,10-11H,6-7,9H2,1-5H3,(H,20,21,23). The molecule has 0 aliphatic heterocycles. The van der Waals surface area contributed by atoms with E-state index < -0.39 is 5.97 Å². The van der Waals surface area contributed by atoms with Crippen LogP contribution in [0, 0.1) is 19.8 Å². The second-order valence-corrected chi connectivity index (χ2v) is 7.70. The van der Waals surface area contributed by atoms with E-state index in [1.165, 1.54) is 12.3 Å². The zero-order valence-electron chi connectivity index (χ0n) is 16.3. The molecule has 0 aliphatic carbocycles. The molecule has 0 unspecified atom stereocenters. The van der Waals surface area contributed by atoms with E-state index in [1.54, 1.807) is 0 Å². The summed E-state index contributed by atoms with van der Waals surface area (Å²) in [6.07, 6.45) is 1.03. The summed E-state index contributed by atoms with van der Waals surface area (Å²) in [5, 5.41) is 4.29. The number of ketones is 1. The minimum atomic E-state index is -0.690. The van der Waals surface area contributed by atoms with Gasteiger partial charge in [0.05, 0.1) is 0 Å². The third-order valence-electron chi connectivity index (χ3n) is 4.13. The second-order valence-electron chi connectivity index (χ2n) is 6.84. The number of amides is 1. The maximum absolute atomic E-state index is 12.5. The highest BCUT2D eigenvalue weighted by Crippen LogP contribution is 2.19. The quantitative estimate of drug-likeness (QED) is 0.548. The molecule has 0 spiro atoms.